The monoisotopic (exact) mass is 419 g/mol. The number of urea groups is 1. The molecule has 0 saturated carbocycles. The van der Waals surface area contributed by atoms with Crippen molar-refractivity contribution >= 4 is 17.8 Å². The van der Waals surface area contributed by atoms with E-state index in [1.54, 1.807) is 19.2 Å². The minimum atomic E-state index is -1.02. The van der Waals surface area contributed by atoms with Crippen LogP contribution in [0, 0.1) is 0 Å². The highest BCUT2D eigenvalue weighted by Gasteiger charge is 2.55. The SMILES string of the molecule is COc1ccc2c(c1)C1(CC2)NC(=O)N(Cc2ccc(C(=O)N3CCCC3)cc2)C1=O. The summed E-state index contributed by atoms with van der Waals surface area (Å²) in [5.41, 5.74) is 2.30. The number of carbonyl (C=O) groups is 3. The second-order valence-electron chi connectivity index (χ2n) is 8.45. The van der Waals surface area contributed by atoms with Gasteiger partial charge >= 0.3 is 6.03 Å². The Bertz CT molecular complexity index is 1060. The average molecular weight is 419 g/mol. The van der Waals surface area contributed by atoms with E-state index < -0.39 is 11.6 Å². The fraction of sp³-hybridized carbons (Fsp3) is 0.375. The largest absolute Gasteiger partial charge is 0.497 e. The number of methoxy groups -OCH3 is 1. The van der Waals surface area contributed by atoms with E-state index in [2.05, 4.69) is 5.32 Å². The number of nitrogens with zero attached hydrogens (tertiary/aromatic N) is 2. The highest BCUT2D eigenvalue weighted by atomic mass is 16.5. The number of fused-ring (bicyclic) bond motifs is 2. The van der Waals surface area contributed by atoms with Crippen LogP contribution in [0.4, 0.5) is 4.79 Å². The molecule has 2 aliphatic heterocycles. The summed E-state index contributed by atoms with van der Waals surface area (Å²) in [5, 5.41) is 2.94. The van der Waals surface area contributed by atoms with Crippen molar-refractivity contribution < 1.29 is 19.1 Å². The molecular weight excluding hydrogens is 394 g/mol. The van der Waals surface area contributed by atoms with Crippen LogP contribution in [0.2, 0.25) is 0 Å². The molecule has 1 aliphatic carbocycles. The van der Waals surface area contributed by atoms with Gasteiger partial charge in [0.2, 0.25) is 0 Å². The van der Waals surface area contributed by atoms with Crippen molar-refractivity contribution in [2.45, 2.75) is 37.8 Å². The van der Waals surface area contributed by atoms with E-state index in [9.17, 15) is 14.4 Å². The van der Waals surface area contributed by atoms with E-state index >= 15 is 0 Å². The zero-order chi connectivity index (χ0) is 21.6. The molecule has 3 aliphatic rings. The minimum Gasteiger partial charge on any atom is -0.497 e. The number of carbonyl (C=O) groups excluding carboxylic acids is 3. The lowest BCUT2D eigenvalue weighted by Gasteiger charge is -2.23. The Morgan fingerprint density at radius 3 is 2.55 bits per heavy atom. The molecule has 1 atom stereocenters. The lowest BCUT2D eigenvalue weighted by atomic mass is 9.91. The van der Waals surface area contributed by atoms with Gasteiger partial charge < -0.3 is 15.0 Å². The number of imide groups is 1. The average Bonchev–Trinajstić information content (AvgIpc) is 3.50. The molecule has 0 bridgehead atoms. The molecule has 5 rings (SSSR count). The first-order valence-electron chi connectivity index (χ1n) is 10.7. The van der Waals surface area contributed by atoms with Crippen LogP contribution in [-0.4, -0.2) is 47.8 Å². The zero-order valence-electron chi connectivity index (χ0n) is 17.5. The summed E-state index contributed by atoms with van der Waals surface area (Å²) in [4.78, 5) is 41.8. The number of hydrogen-bond donors (Lipinski definition) is 1. The Kier molecular flexibility index (Phi) is 4.68. The van der Waals surface area contributed by atoms with Gasteiger partial charge in [0.1, 0.15) is 11.3 Å². The molecule has 1 N–H and O–H groups in total. The van der Waals surface area contributed by atoms with Crippen LogP contribution in [0.25, 0.3) is 0 Å². The van der Waals surface area contributed by atoms with Crippen molar-refractivity contribution in [1.82, 2.24) is 15.1 Å². The maximum Gasteiger partial charge on any atom is 0.325 e. The fourth-order valence-electron chi connectivity index (χ4n) is 4.91. The molecule has 2 aromatic carbocycles. The van der Waals surface area contributed by atoms with E-state index in [0.717, 1.165) is 49.0 Å². The smallest absolute Gasteiger partial charge is 0.325 e. The number of amides is 4. The molecule has 4 amide bonds. The second kappa shape index (κ2) is 7.41. The minimum absolute atomic E-state index is 0.0366. The van der Waals surface area contributed by atoms with Gasteiger partial charge in [-0.05, 0) is 66.6 Å². The van der Waals surface area contributed by atoms with Gasteiger partial charge in [-0.2, -0.15) is 0 Å². The third-order valence-electron chi connectivity index (χ3n) is 6.66. The topological polar surface area (TPSA) is 79.0 Å². The Balaban J connectivity index is 1.35. The maximum absolute atomic E-state index is 13.4. The van der Waals surface area contributed by atoms with Crippen LogP contribution < -0.4 is 10.1 Å². The number of hydrogen-bond acceptors (Lipinski definition) is 4. The first-order valence-corrected chi connectivity index (χ1v) is 10.7. The van der Waals surface area contributed by atoms with Crippen molar-refractivity contribution in [3.63, 3.8) is 0 Å². The number of benzene rings is 2. The number of nitrogens with one attached hydrogen (secondary N) is 1. The van der Waals surface area contributed by atoms with Crippen molar-refractivity contribution in [3.05, 3.63) is 64.7 Å². The first kappa shape index (κ1) is 19.6. The summed E-state index contributed by atoms with van der Waals surface area (Å²) in [6, 6.07) is 12.5. The van der Waals surface area contributed by atoms with E-state index in [1.165, 1.54) is 4.90 Å². The number of likely N-dealkylation sites (tertiary alicyclic amines) is 1. The summed E-state index contributed by atoms with van der Waals surface area (Å²) >= 11 is 0. The lowest BCUT2D eigenvalue weighted by Crippen LogP contribution is -2.41. The van der Waals surface area contributed by atoms with E-state index in [1.807, 2.05) is 35.2 Å². The maximum atomic E-state index is 13.4. The summed E-state index contributed by atoms with van der Waals surface area (Å²) in [6.45, 7) is 1.78. The number of ether oxygens (including phenoxy) is 1. The molecule has 0 radical (unpaired) electrons. The van der Waals surface area contributed by atoms with Gasteiger partial charge in [-0.25, -0.2) is 4.79 Å². The molecular formula is C24H25N3O4. The van der Waals surface area contributed by atoms with Gasteiger partial charge in [-0.3, -0.25) is 14.5 Å². The quantitative estimate of drug-likeness (QED) is 0.773. The molecule has 160 valence electrons. The Labute approximate surface area is 181 Å². The lowest BCUT2D eigenvalue weighted by molar-refractivity contribution is -0.132. The van der Waals surface area contributed by atoms with E-state index in [0.29, 0.717) is 17.7 Å². The van der Waals surface area contributed by atoms with Crippen molar-refractivity contribution in [1.29, 1.82) is 0 Å². The van der Waals surface area contributed by atoms with Crippen molar-refractivity contribution in [2.75, 3.05) is 20.2 Å². The number of aryl methyl sites for hydroxylation is 1. The number of rotatable bonds is 4. The molecule has 7 nitrogen and oxygen atoms in total. The molecule has 2 saturated heterocycles. The molecule has 1 unspecified atom stereocenters. The highest BCUT2D eigenvalue weighted by molar-refractivity contribution is 6.08. The molecule has 1 spiro atoms. The van der Waals surface area contributed by atoms with Crippen LogP contribution in [-0.2, 0) is 23.3 Å². The highest BCUT2D eigenvalue weighted by Crippen LogP contribution is 2.43. The molecule has 2 fully saturated rings. The normalized spacial score (nSPS) is 22.2. The zero-order valence-corrected chi connectivity index (χ0v) is 17.5. The van der Waals surface area contributed by atoms with Crippen LogP contribution in [0.5, 0.6) is 5.75 Å². The molecule has 2 heterocycles. The molecule has 0 aromatic heterocycles. The van der Waals surface area contributed by atoms with E-state index in [-0.39, 0.29) is 18.4 Å². The Hall–Kier alpha value is -3.35. The standard InChI is InChI=1S/C24H25N3O4/c1-31-19-9-8-17-10-11-24(20(17)14-19)22(29)27(23(30)25-24)15-16-4-6-18(7-5-16)21(28)26-12-2-3-13-26/h4-9,14H,2-3,10-13,15H2,1H3,(H,25,30). The van der Waals surface area contributed by atoms with Crippen LogP contribution in [0.15, 0.2) is 42.5 Å². The third-order valence-corrected chi connectivity index (χ3v) is 6.66. The van der Waals surface area contributed by atoms with Crippen LogP contribution in [0.1, 0.15) is 46.3 Å². The molecule has 7 heteroatoms. The van der Waals surface area contributed by atoms with E-state index in [4.69, 9.17) is 4.74 Å². The fourth-order valence-corrected chi connectivity index (χ4v) is 4.91. The summed E-state index contributed by atoms with van der Waals surface area (Å²) in [6.07, 6.45) is 3.37. The summed E-state index contributed by atoms with van der Waals surface area (Å²) < 4.78 is 5.33. The van der Waals surface area contributed by atoms with Crippen LogP contribution in [0.3, 0.4) is 0 Å². The van der Waals surface area contributed by atoms with Crippen molar-refractivity contribution in [2.24, 2.45) is 0 Å². The molecule has 31 heavy (non-hydrogen) atoms. The second-order valence-corrected chi connectivity index (χ2v) is 8.45. The molecule has 2 aromatic rings. The predicted octanol–water partition coefficient (Wildman–Crippen LogP) is 2.82. The van der Waals surface area contributed by atoms with Gasteiger partial charge in [0.25, 0.3) is 11.8 Å². The van der Waals surface area contributed by atoms with Gasteiger partial charge in [0.05, 0.1) is 13.7 Å². The van der Waals surface area contributed by atoms with Gasteiger partial charge in [0.15, 0.2) is 0 Å². The predicted molar refractivity (Wildman–Crippen MR) is 114 cm³/mol. The van der Waals surface area contributed by atoms with Gasteiger partial charge in [-0.15, -0.1) is 0 Å². The first-order chi connectivity index (χ1) is 15.0. The van der Waals surface area contributed by atoms with Gasteiger partial charge in [-0.1, -0.05) is 18.2 Å². The summed E-state index contributed by atoms with van der Waals surface area (Å²) in [5.74, 6) is 0.468. The third kappa shape index (κ3) is 3.15. The Morgan fingerprint density at radius 1 is 1.10 bits per heavy atom. The van der Waals surface area contributed by atoms with Gasteiger partial charge in [0, 0.05) is 18.7 Å². The van der Waals surface area contributed by atoms with Crippen LogP contribution >= 0.6 is 0 Å². The van der Waals surface area contributed by atoms with Crippen molar-refractivity contribution in [3.8, 4) is 5.75 Å². The Morgan fingerprint density at radius 2 is 1.84 bits per heavy atom. The summed E-state index contributed by atoms with van der Waals surface area (Å²) in [7, 11) is 1.59.